The van der Waals surface area contributed by atoms with E-state index in [1.54, 1.807) is 0 Å². The van der Waals surface area contributed by atoms with Crippen LogP contribution < -0.4 is 5.32 Å². The Morgan fingerprint density at radius 3 is 1.25 bits per heavy atom. The number of aliphatic hydroxyl groups is 2. The van der Waals surface area contributed by atoms with Gasteiger partial charge >= 0.3 is 0 Å². The number of hydrogen-bond donors (Lipinski definition) is 3. The van der Waals surface area contributed by atoms with E-state index in [0.29, 0.717) is 12.8 Å². The van der Waals surface area contributed by atoms with Gasteiger partial charge in [0.2, 0.25) is 5.91 Å². The first-order chi connectivity index (χ1) is 17.7. The van der Waals surface area contributed by atoms with Crippen molar-refractivity contribution in [1.29, 1.82) is 0 Å². The van der Waals surface area contributed by atoms with Gasteiger partial charge in [-0.05, 0) is 12.8 Å². The van der Waals surface area contributed by atoms with Crippen LogP contribution in [0.3, 0.4) is 0 Å². The summed E-state index contributed by atoms with van der Waals surface area (Å²) in [4.78, 5) is 12.2. The SMILES string of the molecule is CCCCCCCCCCCCCCCC(O)C(CO)NC(=O)CCCCCCCCCCCCC. The molecule has 0 aliphatic carbocycles. The van der Waals surface area contributed by atoms with E-state index in [2.05, 4.69) is 19.2 Å². The fraction of sp³-hybridized carbons (Fsp3) is 0.969. The molecule has 3 N–H and O–H groups in total. The fourth-order valence-electron chi connectivity index (χ4n) is 5.06. The fourth-order valence-corrected chi connectivity index (χ4v) is 5.06. The average Bonchev–Trinajstić information content (AvgIpc) is 2.88. The van der Waals surface area contributed by atoms with Crippen molar-refractivity contribution in [1.82, 2.24) is 5.32 Å². The number of amides is 1. The second-order valence-corrected chi connectivity index (χ2v) is 11.2. The van der Waals surface area contributed by atoms with Crippen LogP contribution in [-0.4, -0.2) is 34.9 Å². The maximum Gasteiger partial charge on any atom is 0.220 e. The third-order valence-electron chi connectivity index (χ3n) is 7.62. The second kappa shape index (κ2) is 29.0. The molecule has 0 bridgehead atoms. The van der Waals surface area contributed by atoms with Crippen LogP contribution in [0.1, 0.15) is 181 Å². The van der Waals surface area contributed by atoms with Gasteiger partial charge in [-0.3, -0.25) is 4.79 Å². The Morgan fingerprint density at radius 2 is 0.889 bits per heavy atom. The largest absolute Gasteiger partial charge is 0.394 e. The molecule has 4 heteroatoms. The highest BCUT2D eigenvalue weighted by Gasteiger charge is 2.19. The van der Waals surface area contributed by atoms with Crippen molar-refractivity contribution >= 4 is 5.91 Å². The van der Waals surface area contributed by atoms with Crippen molar-refractivity contribution in [2.75, 3.05) is 6.61 Å². The third kappa shape index (κ3) is 25.1. The summed E-state index contributed by atoms with van der Waals surface area (Å²) < 4.78 is 0. The molecule has 0 spiro atoms. The Labute approximate surface area is 225 Å². The highest BCUT2D eigenvalue weighted by Crippen LogP contribution is 2.15. The zero-order chi connectivity index (χ0) is 26.5. The summed E-state index contributed by atoms with van der Waals surface area (Å²) in [6, 6.07) is -0.525. The Balaban J connectivity index is 3.57. The minimum atomic E-state index is -0.649. The van der Waals surface area contributed by atoms with Crippen LogP contribution in [0, 0.1) is 0 Å². The van der Waals surface area contributed by atoms with Gasteiger partial charge in [-0.1, -0.05) is 162 Å². The highest BCUT2D eigenvalue weighted by atomic mass is 16.3. The Hall–Kier alpha value is -0.610. The Morgan fingerprint density at radius 1 is 0.556 bits per heavy atom. The normalized spacial score (nSPS) is 13.1. The monoisotopic (exact) mass is 511 g/mol. The van der Waals surface area contributed by atoms with E-state index in [1.165, 1.54) is 128 Å². The first-order valence-electron chi connectivity index (χ1n) is 16.2. The van der Waals surface area contributed by atoms with E-state index in [0.717, 1.165) is 25.7 Å². The standard InChI is InChI=1S/C32H65NO3/c1-3-5-7-9-11-13-15-16-18-19-21-23-25-27-31(35)30(29-34)33-32(36)28-26-24-22-20-17-14-12-10-8-6-4-2/h30-31,34-35H,3-29H2,1-2H3,(H,33,36). The molecule has 4 nitrogen and oxygen atoms in total. The summed E-state index contributed by atoms with van der Waals surface area (Å²) >= 11 is 0. The molecule has 0 aromatic heterocycles. The van der Waals surface area contributed by atoms with Crippen LogP contribution in [0.5, 0.6) is 0 Å². The summed E-state index contributed by atoms with van der Waals surface area (Å²) in [5, 5.41) is 22.9. The van der Waals surface area contributed by atoms with Gasteiger partial charge < -0.3 is 15.5 Å². The highest BCUT2D eigenvalue weighted by molar-refractivity contribution is 5.76. The predicted molar refractivity (Wildman–Crippen MR) is 156 cm³/mol. The number of carbonyl (C=O) groups excluding carboxylic acids is 1. The van der Waals surface area contributed by atoms with Crippen LogP contribution in [-0.2, 0) is 4.79 Å². The molecule has 0 aromatic carbocycles. The molecule has 0 aliphatic heterocycles. The van der Waals surface area contributed by atoms with Gasteiger partial charge in [0.25, 0.3) is 0 Å². The summed E-state index contributed by atoms with van der Waals surface area (Å²) in [7, 11) is 0. The molecule has 0 saturated heterocycles. The summed E-state index contributed by atoms with van der Waals surface area (Å²) in [5.74, 6) is -0.0330. The molecule has 216 valence electrons. The maximum absolute atomic E-state index is 12.2. The molecule has 36 heavy (non-hydrogen) atoms. The number of nitrogens with one attached hydrogen (secondary N) is 1. The zero-order valence-electron chi connectivity index (χ0n) is 24.5. The van der Waals surface area contributed by atoms with Gasteiger partial charge in [-0.15, -0.1) is 0 Å². The first-order valence-corrected chi connectivity index (χ1v) is 16.2. The van der Waals surface area contributed by atoms with Crippen LogP contribution in [0.2, 0.25) is 0 Å². The van der Waals surface area contributed by atoms with E-state index in [9.17, 15) is 15.0 Å². The van der Waals surface area contributed by atoms with Gasteiger partial charge in [-0.2, -0.15) is 0 Å². The van der Waals surface area contributed by atoms with E-state index < -0.39 is 12.1 Å². The zero-order valence-corrected chi connectivity index (χ0v) is 24.5. The van der Waals surface area contributed by atoms with Crippen LogP contribution >= 0.6 is 0 Å². The molecule has 0 heterocycles. The van der Waals surface area contributed by atoms with Crippen molar-refractivity contribution in [2.45, 2.75) is 193 Å². The van der Waals surface area contributed by atoms with E-state index >= 15 is 0 Å². The number of carbonyl (C=O) groups is 1. The minimum Gasteiger partial charge on any atom is -0.394 e. The van der Waals surface area contributed by atoms with Crippen molar-refractivity contribution in [3.8, 4) is 0 Å². The summed E-state index contributed by atoms with van der Waals surface area (Å²) in [6.45, 7) is 4.33. The molecule has 1 amide bonds. The average molecular weight is 512 g/mol. The maximum atomic E-state index is 12.2. The molecule has 0 radical (unpaired) electrons. The van der Waals surface area contributed by atoms with Gasteiger partial charge in [0, 0.05) is 6.42 Å². The molecule has 0 saturated carbocycles. The molecule has 0 fully saturated rings. The van der Waals surface area contributed by atoms with Crippen LogP contribution in [0.4, 0.5) is 0 Å². The quantitative estimate of drug-likeness (QED) is 0.0877. The van der Waals surface area contributed by atoms with Crippen molar-refractivity contribution in [3.05, 3.63) is 0 Å². The third-order valence-corrected chi connectivity index (χ3v) is 7.62. The number of aliphatic hydroxyl groups excluding tert-OH is 2. The van der Waals surface area contributed by atoms with Crippen molar-refractivity contribution in [2.24, 2.45) is 0 Å². The van der Waals surface area contributed by atoms with Crippen LogP contribution in [0.25, 0.3) is 0 Å². The molecular weight excluding hydrogens is 446 g/mol. The lowest BCUT2D eigenvalue weighted by molar-refractivity contribution is -0.123. The smallest absolute Gasteiger partial charge is 0.220 e. The predicted octanol–water partition coefficient (Wildman–Crippen LogP) is 9.01. The molecule has 2 unspecified atom stereocenters. The number of hydrogen-bond acceptors (Lipinski definition) is 3. The Kier molecular flexibility index (Phi) is 28.5. The first kappa shape index (κ1) is 35.4. The van der Waals surface area contributed by atoms with Gasteiger partial charge in [0.05, 0.1) is 18.8 Å². The molecular formula is C32H65NO3. The van der Waals surface area contributed by atoms with E-state index in [1.807, 2.05) is 0 Å². The minimum absolute atomic E-state index is 0.0330. The van der Waals surface area contributed by atoms with Gasteiger partial charge in [0.15, 0.2) is 0 Å². The number of rotatable bonds is 29. The lowest BCUT2D eigenvalue weighted by atomic mass is 10.0. The van der Waals surface area contributed by atoms with Gasteiger partial charge in [0.1, 0.15) is 0 Å². The van der Waals surface area contributed by atoms with E-state index in [4.69, 9.17) is 0 Å². The second-order valence-electron chi connectivity index (χ2n) is 11.2. The van der Waals surface area contributed by atoms with Crippen molar-refractivity contribution < 1.29 is 15.0 Å². The lowest BCUT2D eigenvalue weighted by Gasteiger charge is -2.22. The van der Waals surface area contributed by atoms with Crippen molar-refractivity contribution in [3.63, 3.8) is 0 Å². The molecule has 0 aromatic rings. The number of unbranched alkanes of at least 4 members (excludes halogenated alkanes) is 22. The molecule has 2 atom stereocenters. The summed E-state index contributed by atoms with van der Waals surface area (Å²) in [6.07, 6.45) is 31.4. The van der Waals surface area contributed by atoms with Gasteiger partial charge in [-0.25, -0.2) is 0 Å². The van der Waals surface area contributed by atoms with Crippen LogP contribution in [0.15, 0.2) is 0 Å². The lowest BCUT2D eigenvalue weighted by Crippen LogP contribution is -2.45. The van der Waals surface area contributed by atoms with E-state index in [-0.39, 0.29) is 12.5 Å². The molecule has 0 aliphatic rings. The Bertz CT molecular complexity index is 443. The summed E-state index contributed by atoms with van der Waals surface area (Å²) in [5.41, 5.74) is 0. The topological polar surface area (TPSA) is 69.6 Å². The molecule has 0 rings (SSSR count).